The second-order valence-electron chi connectivity index (χ2n) is 7.73. The highest BCUT2D eigenvalue weighted by molar-refractivity contribution is 5.74. The van der Waals surface area contributed by atoms with Crippen molar-refractivity contribution in [1.29, 1.82) is 0 Å². The highest BCUT2D eigenvalue weighted by Crippen LogP contribution is 2.24. The highest BCUT2D eigenvalue weighted by Gasteiger charge is 2.02. The van der Waals surface area contributed by atoms with Gasteiger partial charge in [-0.3, -0.25) is 0 Å². The third-order valence-electron chi connectivity index (χ3n) is 5.37. The van der Waals surface area contributed by atoms with E-state index in [0.29, 0.717) is 0 Å². The van der Waals surface area contributed by atoms with Gasteiger partial charge in [0, 0.05) is 18.4 Å². The van der Waals surface area contributed by atoms with Crippen molar-refractivity contribution in [3.8, 4) is 0 Å². The molecule has 1 heteroatoms. The normalized spacial score (nSPS) is 11.3. The van der Waals surface area contributed by atoms with Gasteiger partial charge in [0.2, 0.25) is 0 Å². The third-order valence-corrected chi connectivity index (χ3v) is 5.37. The molecular weight excluding hydrogens is 374 g/mol. The van der Waals surface area contributed by atoms with E-state index in [1.807, 2.05) is 6.07 Å². The summed E-state index contributed by atoms with van der Waals surface area (Å²) in [5.41, 5.74) is 8.44. The van der Waals surface area contributed by atoms with E-state index >= 15 is 0 Å². The van der Waals surface area contributed by atoms with E-state index in [-0.39, 0.29) is 0 Å². The first-order valence-electron chi connectivity index (χ1n) is 10.6. The van der Waals surface area contributed by atoms with Crippen LogP contribution in [0.2, 0.25) is 0 Å². The number of anilines is 2. The molecule has 0 bridgehead atoms. The largest absolute Gasteiger partial charge is 0.345 e. The number of para-hydroxylation sites is 1. The van der Waals surface area contributed by atoms with E-state index in [4.69, 9.17) is 0 Å². The second-order valence-corrected chi connectivity index (χ2v) is 7.73. The summed E-state index contributed by atoms with van der Waals surface area (Å²) in [7, 11) is 2.09. The molecule has 0 saturated carbocycles. The van der Waals surface area contributed by atoms with Crippen LogP contribution < -0.4 is 4.90 Å². The smallest absolute Gasteiger partial charge is 0.0408 e. The van der Waals surface area contributed by atoms with Gasteiger partial charge >= 0.3 is 0 Å². The number of aryl methyl sites for hydroxylation is 1. The van der Waals surface area contributed by atoms with Gasteiger partial charge in [-0.2, -0.15) is 0 Å². The fourth-order valence-corrected chi connectivity index (χ4v) is 3.39. The van der Waals surface area contributed by atoms with Crippen molar-refractivity contribution < 1.29 is 0 Å². The molecule has 31 heavy (non-hydrogen) atoms. The lowest BCUT2D eigenvalue weighted by Gasteiger charge is -2.19. The molecule has 0 amide bonds. The number of rotatable bonds is 6. The summed E-state index contributed by atoms with van der Waals surface area (Å²) in [5, 5.41) is 0. The van der Waals surface area contributed by atoms with Crippen LogP contribution in [-0.2, 0) is 0 Å². The third kappa shape index (κ3) is 5.61. The SMILES string of the molecule is Cc1ccc(C=Cc2ccc(C=Cc3ccc(N(C)c4ccccc4)cc3)cc2)cc1. The van der Waals surface area contributed by atoms with E-state index in [1.54, 1.807) is 0 Å². The van der Waals surface area contributed by atoms with E-state index in [0.717, 1.165) is 0 Å². The Bertz CT molecular complexity index is 1150. The van der Waals surface area contributed by atoms with Gasteiger partial charge < -0.3 is 4.90 Å². The summed E-state index contributed by atoms with van der Waals surface area (Å²) < 4.78 is 0. The summed E-state index contributed by atoms with van der Waals surface area (Å²) in [6.45, 7) is 2.11. The second kappa shape index (κ2) is 9.77. The molecule has 4 aromatic carbocycles. The Balaban J connectivity index is 1.38. The summed E-state index contributed by atoms with van der Waals surface area (Å²) in [6.07, 6.45) is 8.62. The van der Waals surface area contributed by atoms with E-state index in [1.165, 1.54) is 39.2 Å². The lowest BCUT2D eigenvalue weighted by atomic mass is 10.1. The van der Waals surface area contributed by atoms with Gasteiger partial charge in [0.05, 0.1) is 0 Å². The zero-order chi connectivity index (χ0) is 21.5. The Morgan fingerprint density at radius 1 is 0.452 bits per heavy atom. The lowest BCUT2D eigenvalue weighted by Crippen LogP contribution is -2.08. The first kappa shape index (κ1) is 20.4. The molecular formula is C30H27N. The molecule has 0 aliphatic heterocycles. The Hall–Kier alpha value is -3.84. The zero-order valence-electron chi connectivity index (χ0n) is 18.1. The van der Waals surface area contributed by atoms with Gasteiger partial charge in [0.1, 0.15) is 0 Å². The number of hydrogen-bond acceptors (Lipinski definition) is 1. The van der Waals surface area contributed by atoms with Gasteiger partial charge in [0.25, 0.3) is 0 Å². The molecule has 4 rings (SSSR count). The Kier molecular flexibility index (Phi) is 6.44. The molecule has 0 N–H and O–H groups in total. The van der Waals surface area contributed by atoms with Crippen LogP contribution >= 0.6 is 0 Å². The molecule has 1 nitrogen and oxygen atoms in total. The first-order valence-corrected chi connectivity index (χ1v) is 10.6. The van der Waals surface area contributed by atoms with E-state index in [9.17, 15) is 0 Å². The molecule has 0 heterocycles. The van der Waals surface area contributed by atoms with Gasteiger partial charge in [-0.15, -0.1) is 0 Å². The van der Waals surface area contributed by atoms with Crippen molar-refractivity contribution in [1.82, 2.24) is 0 Å². The molecule has 0 aromatic heterocycles. The van der Waals surface area contributed by atoms with E-state index < -0.39 is 0 Å². The van der Waals surface area contributed by atoms with Crippen molar-refractivity contribution >= 4 is 35.7 Å². The minimum absolute atomic E-state index is 1.17. The van der Waals surface area contributed by atoms with Crippen LogP contribution in [0.15, 0.2) is 103 Å². The molecule has 0 aliphatic rings. The van der Waals surface area contributed by atoms with Crippen LogP contribution in [0, 0.1) is 6.92 Å². The van der Waals surface area contributed by atoms with Crippen LogP contribution in [0.1, 0.15) is 27.8 Å². The van der Waals surface area contributed by atoms with Gasteiger partial charge in [0.15, 0.2) is 0 Å². The lowest BCUT2D eigenvalue weighted by molar-refractivity contribution is 1.21. The average Bonchev–Trinajstić information content (AvgIpc) is 2.83. The van der Waals surface area contributed by atoms with Crippen molar-refractivity contribution in [2.75, 3.05) is 11.9 Å². The summed E-state index contributed by atoms with van der Waals surface area (Å²) in [5.74, 6) is 0. The summed E-state index contributed by atoms with van der Waals surface area (Å²) in [6, 6.07) is 36.2. The maximum Gasteiger partial charge on any atom is 0.0408 e. The van der Waals surface area contributed by atoms with Gasteiger partial charge in [-0.1, -0.05) is 109 Å². The van der Waals surface area contributed by atoms with Crippen molar-refractivity contribution in [2.24, 2.45) is 0 Å². The van der Waals surface area contributed by atoms with Crippen LogP contribution in [-0.4, -0.2) is 7.05 Å². The topological polar surface area (TPSA) is 3.24 Å². The minimum Gasteiger partial charge on any atom is -0.345 e. The van der Waals surface area contributed by atoms with Gasteiger partial charge in [-0.25, -0.2) is 0 Å². The molecule has 0 unspecified atom stereocenters. The highest BCUT2D eigenvalue weighted by atomic mass is 15.1. The maximum absolute atomic E-state index is 2.19. The van der Waals surface area contributed by atoms with Crippen LogP contribution in [0.25, 0.3) is 24.3 Å². The predicted molar refractivity (Wildman–Crippen MR) is 136 cm³/mol. The Morgan fingerprint density at radius 2 is 0.806 bits per heavy atom. The summed E-state index contributed by atoms with van der Waals surface area (Å²) >= 11 is 0. The number of hydrogen-bond donors (Lipinski definition) is 0. The first-order chi connectivity index (χ1) is 15.2. The van der Waals surface area contributed by atoms with Crippen LogP contribution in [0.3, 0.4) is 0 Å². The van der Waals surface area contributed by atoms with Crippen LogP contribution in [0.4, 0.5) is 11.4 Å². The van der Waals surface area contributed by atoms with E-state index in [2.05, 4.69) is 140 Å². The molecule has 0 aliphatic carbocycles. The molecule has 0 saturated heterocycles. The number of nitrogens with zero attached hydrogens (tertiary/aromatic N) is 1. The van der Waals surface area contributed by atoms with Crippen LogP contribution in [0.5, 0.6) is 0 Å². The van der Waals surface area contributed by atoms with Gasteiger partial charge in [-0.05, 0) is 53.4 Å². The molecule has 0 atom stereocenters. The van der Waals surface area contributed by atoms with Crippen molar-refractivity contribution in [2.45, 2.75) is 6.92 Å². The molecule has 0 radical (unpaired) electrons. The van der Waals surface area contributed by atoms with Crippen molar-refractivity contribution in [3.05, 3.63) is 131 Å². The zero-order valence-corrected chi connectivity index (χ0v) is 18.1. The fourth-order valence-electron chi connectivity index (χ4n) is 3.39. The average molecular weight is 402 g/mol. The Labute approximate surface area is 185 Å². The molecule has 0 spiro atoms. The minimum atomic E-state index is 1.17. The number of benzene rings is 4. The molecule has 4 aromatic rings. The predicted octanol–water partition coefficient (Wildman–Crippen LogP) is 8.10. The monoisotopic (exact) mass is 401 g/mol. The Morgan fingerprint density at radius 3 is 1.26 bits per heavy atom. The quantitative estimate of drug-likeness (QED) is 0.295. The molecule has 152 valence electrons. The summed E-state index contributed by atoms with van der Waals surface area (Å²) in [4.78, 5) is 2.19. The maximum atomic E-state index is 2.19. The van der Waals surface area contributed by atoms with Crippen molar-refractivity contribution in [3.63, 3.8) is 0 Å². The standard InChI is InChI=1S/C30H27N/c1-24-8-10-25(11-9-24)12-13-26-14-16-27(17-15-26)18-19-28-20-22-30(23-21-28)31(2)29-6-4-3-5-7-29/h3-23H,1-2H3. The molecule has 0 fully saturated rings. The fraction of sp³-hybridized carbons (Fsp3) is 0.0667.